The van der Waals surface area contributed by atoms with Crippen LogP contribution in [0.5, 0.6) is 0 Å². The van der Waals surface area contributed by atoms with Gasteiger partial charge in [-0.15, -0.1) is 0 Å². The van der Waals surface area contributed by atoms with Gasteiger partial charge in [0.25, 0.3) is 0 Å². The number of hydrogen-bond acceptors (Lipinski definition) is 7. The Bertz CT molecular complexity index is 238. The Kier molecular flexibility index (Phi) is 11.2. The number of aliphatic hydroxyl groups is 1. The molecule has 0 amide bonds. The van der Waals surface area contributed by atoms with Crippen LogP contribution in [0, 0.1) is 41.3 Å². The quantitative estimate of drug-likeness (QED) is 0.510. The first-order valence-electron chi connectivity index (χ1n) is 3.11. The van der Waals surface area contributed by atoms with Gasteiger partial charge in [0.2, 0.25) is 0 Å². The number of carboxylic acid groups (broad SMARTS) is 3. The van der Waals surface area contributed by atoms with E-state index in [2.05, 4.69) is 0 Å². The molecule has 0 fully saturated rings. The monoisotopic (exact) mass is 365 g/mol. The number of aliphatic carboxylic acids is 3. The van der Waals surface area contributed by atoms with Gasteiger partial charge in [0.15, 0.2) is 0 Å². The van der Waals surface area contributed by atoms with Crippen molar-refractivity contribution in [2.75, 3.05) is 0 Å². The van der Waals surface area contributed by atoms with E-state index in [1.54, 1.807) is 0 Å². The Balaban J connectivity index is -0.000000720. The third kappa shape index (κ3) is 7.90. The van der Waals surface area contributed by atoms with Gasteiger partial charge in [-0.2, -0.15) is 0 Å². The first-order valence-corrected chi connectivity index (χ1v) is 3.11. The molecule has 1 N–H and O–H groups in total. The Labute approximate surface area is 124 Å². The van der Waals surface area contributed by atoms with Crippen LogP contribution in [0.2, 0.25) is 0 Å². The number of rotatable bonds is 5. The van der Waals surface area contributed by atoms with E-state index in [1.807, 2.05) is 0 Å². The molecule has 7 nitrogen and oxygen atoms in total. The molecule has 0 atom stereocenters. The molecule has 0 aromatic rings. The van der Waals surface area contributed by atoms with Crippen molar-refractivity contribution in [1.82, 2.24) is 0 Å². The molecule has 15 heavy (non-hydrogen) atoms. The molecular weight excluding hydrogens is 360 g/mol. The fourth-order valence-corrected chi connectivity index (χ4v) is 0.684. The van der Waals surface area contributed by atoms with E-state index in [4.69, 9.17) is 5.11 Å². The van der Waals surface area contributed by atoms with Crippen molar-refractivity contribution >= 4 is 17.9 Å². The predicted octanol–water partition coefficient (Wildman–Crippen LogP) is -8.25. The topological polar surface area (TPSA) is 141 Å². The van der Waals surface area contributed by atoms with Crippen LogP contribution in [0.1, 0.15) is 12.8 Å². The van der Waals surface area contributed by atoms with Crippen molar-refractivity contribution < 1.29 is 88.5 Å². The van der Waals surface area contributed by atoms with E-state index in [1.165, 1.54) is 0 Å². The van der Waals surface area contributed by atoms with E-state index in [0.717, 1.165) is 0 Å². The second-order valence-corrected chi connectivity index (χ2v) is 2.42. The summed E-state index contributed by atoms with van der Waals surface area (Å²) >= 11 is 0. The first-order chi connectivity index (χ1) is 5.78. The predicted molar refractivity (Wildman–Crippen MR) is 29.2 cm³/mol. The molecule has 0 aliphatic heterocycles. The molecule has 0 saturated heterocycles. The van der Waals surface area contributed by atoms with Gasteiger partial charge in [-0.1, -0.05) is 0 Å². The van der Waals surface area contributed by atoms with Crippen molar-refractivity contribution in [3.05, 3.63) is 0 Å². The summed E-state index contributed by atoms with van der Waals surface area (Å²) in [5, 5.41) is 38.9. The summed E-state index contributed by atoms with van der Waals surface area (Å²) in [6.45, 7) is 0. The van der Waals surface area contributed by atoms with Gasteiger partial charge in [0.05, 0.1) is 5.97 Å². The number of carbonyl (C=O) groups excluding carboxylic acids is 3. The average molecular weight is 365 g/mol. The summed E-state index contributed by atoms with van der Waals surface area (Å²) < 4.78 is 0. The van der Waals surface area contributed by atoms with E-state index >= 15 is 0 Å². The van der Waals surface area contributed by atoms with Gasteiger partial charge in [-0.3, -0.25) is 0 Å². The molecule has 0 aliphatic rings. The van der Waals surface area contributed by atoms with Gasteiger partial charge < -0.3 is 47.2 Å². The summed E-state index contributed by atoms with van der Waals surface area (Å²) in [5.41, 5.74) is -2.97. The second-order valence-electron chi connectivity index (χ2n) is 2.42. The Morgan fingerprint density at radius 3 is 1.40 bits per heavy atom. The molecule has 0 aromatic heterocycles. The van der Waals surface area contributed by atoms with Crippen molar-refractivity contribution in [2.45, 2.75) is 18.4 Å². The van der Waals surface area contributed by atoms with Crippen LogP contribution in [0.15, 0.2) is 0 Å². The maximum Gasteiger partial charge on any atom is 0.114 e. The fraction of sp³-hybridized carbons (Fsp3) is 0.500. The molecule has 0 saturated carbocycles. The average Bonchev–Trinajstić information content (AvgIpc) is 1.82. The SMILES string of the molecule is O=C([O-])CC(O)(CC(=O)[O-])C(=O)[O-].[Cl-].[Pr]. The summed E-state index contributed by atoms with van der Waals surface area (Å²) in [7, 11) is 0. The molecule has 0 spiro atoms. The summed E-state index contributed by atoms with van der Waals surface area (Å²) in [6, 6.07) is 0. The third-order valence-corrected chi connectivity index (χ3v) is 1.25. The summed E-state index contributed by atoms with van der Waals surface area (Å²) in [4.78, 5) is 30.0. The molecule has 0 rings (SSSR count). The minimum atomic E-state index is -2.97. The standard InChI is InChI=1S/C6H8O7.ClH.Pr/c7-3(8)1-6(13,5(11)12)2-4(9)10;;/h13H,1-2H2,(H,7,8)(H,9,10)(H,11,12);1H;/p-4. The zero-order chi connectivity index (χ0) is 10.6. The van der Waals surface area contributed by atoms with Crippen LogP contribution in [0.3, 0.4) is 0 Å². The van der Waals surface area contributed by atoms with Crippen LogP contribution < -0.4 is 27.7 Å². The zero-order valence-electron chi connectivity index (χ0n) is 7.27. The summed E-state index contributed by atoms with van der Waals surface area (Å²) in [6.07, 6.45) is -2.72. The molecule has 9 heteroatoms. The molecule has 0 aliphatic carbocycles. The molecule has 0 aromatic carbocycles. The number of halogens is 1. The van der Waals surface area contributed by atoms with Crippen LogP contribution in [0.25, 0.3) is 0 Å². The van der Waals surface area contributed by atoms with Gasteiger partial charge >= 0.3 is 0 Å². The molecule has 0 bridgehead atoms. The van der Waals surface area contributed by atoms with E-state index in [0.29, 0.717) is 0 Å². The smallest absolute Gasteiger partial charge is 0.114 e. The van der Waals surface area contributed by atoms with E-state index in [9.17, 15) is 29.7 Å². The van der Waals surface area contributed by atoms with Crippen LogP contribution in [-0.4, -0.2) is 28.6 Å². The Morgan fingerprint density at radius 1 is 1.00 bits per heavy atom. The summed E-state index contributed by atoms with van der Waals surface area (Å²) in [5.74, 6) is -5.98. The van der Waals surface area contributed by atoms with Crippen LogP contribution in [-0.2, 0) is 14.4 Å². The van der Waals surface area contributed by atoms with Crippen molar-refractivity contribution in [3.8, 4) is 0 Å². The molecule has 0 heterocycles. The minimum Gasteiger partial charge on any atom is -1.00 e. The molecular formula is C6H5ClO7Pr-4. The zero-order valence-corrected chi connectivity index (χ0v) is 11.7. The number of carbonyl (C=O) groups is 3. The molecule has 85 valence electrons. The maximum absolute atomic E-state index is 10.1. The maximum atomic E-state index is 10.1. The van der Waals surface area contributed by atoms with Gasteiger partial charge in [0, 0.05) is 66.1 Å². The molecule has 0 unspecified atom stereocenters. The normalized spacial score (nSPS) is 9.40. The van der Waals surface area contributed by atoms with Gasteiger partial charge in [-0.05, 0) is 0 Å². The number of carboxylic acids is 3. The molecule has 1 radical (unpaired) electrons. The second kappa shape index (κ2) is 8.21. The van der Waals surface area contributed by atoms with Crippen LogP contribution in [0.4, 0.5) is 0 Å². The van der Waals surface area contributed by atoms with Crippen LogP contribution >= 0.6 is 0 Å². The van der Waals surface area contributed by atoms with Crippen molar-refractivity contribution in [3.63, 3.8) is 0 Å². The first kappa shape index (κ1) is 20.4. The Hall–Kier alpha value is 0.0236. The van der Waals surface area contributed by atoms with Crippen molar-refractivity contribution in [1.29, 1.82) is 0 Å². The third-order valence-electron chi connectivity index (χ3n) is 1.25. The van der Waals surface area contributed by atoms with E-state index < -0.39 is 36.4 Å². The number of hydrogen-bond donors (Lipinski definition) is 1. The van der Waals surface area contributed by atoms with Crippen molar-refractivity contribution in [2.24, 2.45) is 0 Å². The van der Waals surface area contributed by atoms with Gasteiger partial charge in [0.1, 0.15) is 5.60 Å². The minimum absolute atomic E-state index is 0. The largest absolute Gasteiger partial charge is 1.00 e. The fourth-order valence-electron chi connectivity index (χ4n) is 0.684. The Morgan fingerprint density at radius 2 is 1.27 bits per heavy atom. The van der Waals surface area contributed by atoms with Gasteiger partial charge in [-0.25, -0.2) is 0 Å². The van der Waals surface area contributed by atoms with E-state index in [-0.39, 0.29) is 53.7 Å².